The summed E-state index contributed by atoms with van der Waals surface area (Å²) in [7, 11) is 0. The first-order chi connectivity index (χ1) is 12.9. The molecule has 0 heterocycles. The van der Waals surface area contributed by atoms with Crippen LogP contribution < -0.4 is 0 Å². The van der Waals surface area contributed by atoms with E-state index in [-0.39, 0.29) is 5.78 Å². The number of Topliss-reactive ketones (excluding diaryl/α,β-unsaturated/α-hetero) is 1. The Balaban J connectivity index is 3.18. The summed E-state index contributed by atoms with van der Waals surface area (Å²) in [5, 5.41) is 0. The number of carbonyl (C=O) groups is 1. The van der Waals surface area contributed by atoms with Gasteiger partial charge in [0.05, 0.1) is 0 Å². The van der Waals surface area contributed by atoms with E-state index in [0.29, 0.717) is 0 Å². The molecule has 0 aliphatic rings. The van der Waals surface area contributed by atoms with E-state index in [9.17, 15) is 4.79 Å². The number of ketones is 1. The minimum absolute atomic E-state index is 0.271. The molecule has 0 aromatic heterocycles. The van der Waals surface area contributed by atoms with Gasteiger partial charge in [-0.3, -0.25) is 0 Å². The van der Waals surface area contributed by atoms with Crippen molar-refractivity contribution in [1.29, 1.82) is 0 Å². The van der Waals surface area contributed by atoms with E-state index in [1.54, 1.807) is 0 Å². The fraction of sp³-hybridized carbons (Fsp3) is 0.625. The predicted molar refractivity (Wildman–Crippen MR) is 127 cm³/mol. The minimum atomic E-state index is -2.38. The molecule has 0 N–H and O–H groups in total. The molecule has 27 heavy (non-hydrogen) atoms. The number of allylic oxidation sites excluding steroid dienone is 2. The van der Waals surface area contributed by atoms with Gasteiger partial charge in [-0.2, -0.15) is 0 Å². The Morgan fingerprint density at radius 2 is 1.30 bits per heavy atom. The molecule has 0 bridgehead atoms. The number of carbonyl (C=O) groups excluding carboxylic acids is 1. The van der Waals surface area contributed by atoms with E-state index >= 15 is 0 Å². The summed E-state index contributed by atoms with van der Waals surface area (Å²) in [6, 6.07) is 7.91. The van der Waals surface area contributed by atoms with Crippen LogP contribution in [0.5, 0.6) is 0 Å². The fourth-order valence-electron chi connectivity index (χ4n) is 3.93. The molecule has 1 aromatic carbocycles. The molecule has 1 rings (SSSR count). The normalized spacial score (nSPS) is 11.5. The number of benzene rings is 1. The molecule has 0 unspecified atom stereocenters. The molecule has 0 aliphatic carbocycles. The Morgan fingerprint density at radius 1 is 0.852 bits per heavy atom. The molecule has 0 saturated heterocycles. The quantitative estimate of drug-likeness (QED) is 0.138. The first-order valence-corrected chi connectivity index (χ1v) is 19.7. The van der Waals surface area contributed by atoms with Crippen molar-refractivity contribution in [3.05, 3.63) is 45.4 Å². The van der Waals surface area contributed by atoms with Gasteiger partial charge >= 0.3 is 181 Å². The van der Waals surface area contributed by atoms with Gasteiger partial charge in [0.25, 0.3) is 0 Å². The third kappa shape index (κ3) is 8.43. The van der Waals surface area contributed by atoms with Crippen LogP contribution in [-0.2, 0) is 0 Å². The van der Waals surface area contributed by atoms with Gasteiger partial charge < -0.3 is 0 Å². The van der Waals surface area contributed by atoms with Crippen LogP contribution in [0.4, 0.5) is 0 Å². The fourth-order valence-corrected chi connectivity index (χ4v) is 20.9. The summed E-state index contributed by atoms with van der Waals surface area (Å²) >= 11 is 1.10. The van der Waals surface area contributed by atoms with Crippen molar-refractivity contribution in [3.63, 3.8) is 0 Å². The van der Waals surface area contributed by atoms with E-state index in [1.807, 2.05) is 24.3 Å². The molecular weight excluding hydrogens is 503 g/mol. The van der Waals surface area contributed by atoms with E-state index in [1.165, 1.54) is 57.4 Å². The molecule has 0 saturated carbocycles. The number of hydrogen-bond donors (Lipinski definition) is 0. The van der Waals surface area contributed by atoms with Crippen molar-refractivity contribution >= 4 is 40.1 Å². The van der Waals surface area contributed by atoms with Crippen molar-refractivity contribution in [2.75, 3.05) is 0 Å². The van der Waals surface area contributed by atoms with E-state index in [2.05, 4.69) is 50.5 Å². The van der Waals surface area contributed by atoms with Gasteiger partial charge in [-0.05, 0) is 0 Å². The summed E-state index contributed by atoms with van der Waals surface area (Å²) < 4.78 is 6.53. The van der Waals surface area contributed by atoms with Gasteiger partial charge in [-0.25, -0.2) is 0 Å². The Kier molecular flexibility index (Phi) is 12.2. The van der Waals surface area contributed by atoms with Crippen LogP contribution in [0, 0.1) is 0 Å². The van der Waals surface area contributed by atoms with Crippen LogP contribution in [0.1, 0.15) is 83.5 Å². The van der Waals surface area contributed by atoms with Gasteiger partial charge in [-0.15, -0.1) is 0 Å². The average Bonchev–Trinajstić information content (AvgIpc) is 2.66. The molecule has 0 aliphatic heterocycles. The van der Waals surface area contributed by atoms with Crippen LogP contribution in [0.2, 0.25) is 17.7 Å². The van der Waals surface area contributed by atoms with Crippen LogP contribution in [0.25, 0.3) is 0 Å². The Morgan fingerprint density at radius 3 is 1.67 bits per heavy atom. The van der Waals surface area contributed by atoms with Gasteiger partial charge in [0.1, 0.15) is 0 Å². The molecule has 1 aromatic rings. The number of unbranched alkanes of at least 4 members (excludes halogenated alkanes) is 3. The summed E-state index contributed by atoms with van der Waals surface area (Å²) in [5.74, 6) is 0.271. The summed E-state index contributed by atoms with van der Waals surface area (Å²) in [5.41, 5.74) is 3.21. The molecular formula is C24H39BrOSn. The van der Waals surface area contributed by atoms with Crippen molar-refractivity contribution < 1.29 is 4.79 Å². The molecule has 0 atom stereocenters. The molecule has 3 heteroatoms. The zero-order valence-electron chi connectivity index (χ0n) is 18.2. The average molecular weight is 542 g/mol. The van der Waals surface area contributed by atoms with Gasteiger partial charge in [-0.1, -0.05) is 0 Å². The Labute approximate surface area is 180 Å². The standard InChI is InChI=1S/C12H12BrO.3C4H9.Sn/c1-8(2)9(3)12(14)10-4-6-11(13)7-5-10;3*1-3-4-2;/h4-7H,3H2,1-2H3;3*1,3-4H2,2H3;. The van der Waals surface area contributed by atoms with Crippen molar-refractivity contribution in [2.24, 2.45) is 0 Å². The van der Waals surface area contributed by atoms with Crippen LogP contribution in [-0.4, -0.2) is 24.2 Å². The zero-order valence-corrected chi connectivity index (χ0v) is 22.6. The van der Waals surface area contributed by atoms with E-state index < -0.39 is 18.4 Å². The zero-order chi connectivity index (χ0) is 20.3. The summed E-state index contributed by atoms with van der Waals surface area (Å²) in [6.45, 7) is 11.2. The molecule has 0 radical (unpaired) electrons. The monoisotopic (exact) mass is 542 g/mol. The van der Waals surface area contributed by atoms with Crippen molar-refractivity contribution in [2.45, 2.75) is 90.9 Å². The van der Waals surface area contributed by atoms with Gasteiger partial charge in [0.15, 0.2) is 0 Å². The van der Waals surface area contributed by atoms with Crippen LogP contribution >= 0.6 is 15.9 Å². The summed E-state index contributed by atoms with van der Waals surface area (Å²) in [4.78, 5) is 13.4. The molecule has 0 amide bonds. The third-order valence-corrected chi connectivity index (χ3v) is 21.5. The predicted octanol–water partition coefficient (Wildman–Crippen LogP) is 8.82. The Hall–Kier alpha value is -0.0913. The molecule has 0 fully saturated rings. The van der Waals surface area contributed by atoms with Crippen molar-refractivity contribution in [1.82, 2.24) is 0 Å². The van der Waals surface area contributed by atoms with Gasteiger partial charge in [0, 0.05) is 0 Å². The van der Waals surface area contributed by atoms with Gasteiger partial charge in [0.2, 0.25) is 0 Å². The number of rotatable bonds is 13. The van der Waals surface area contributed by atoms with Crippen molar-refractivity contribution in [3.8, 4) is 0 Å². The SMILES string of the molecule is CCC[CH2][Sn]([CH2]CCC)([CH2]CCC)[CH2]C(C(=O)c1ccc(Br)cc1)=C(C)C. The molecule has 152 valence electrons. The van der Waals surface area contributed by atoms with E-state index in [4.69, 9.17) is 0 Å². The molecule has 0 spiro atoms. The first-order valence-electron chi connectivity index (χ1n) is 10.9. The maximum atomic E-state index is 13.4. The number of halogens is 1. The third-order valence-electron chi connectivity index (χ3n) is 5.72. The van der Waals surface area contributed by atoms with Crippen LogP contribution in [0.15, 0.2) is 39.9 Å². The van der Waals surface area contributed by atoms with E-state index in [0.717, 1.165) is 20.0 Å². The van der Waals surface area contributed by atoms with Crippen LogP contribution in [0.3, 0.4) is 0 Å². The second-order valence-corrected chi connectivity index (χ2v) is 23.1. The Bertz CT molecular complexity index is 578. The molecule has 1 nitrogen and oxygen atoms in total. The topological polar surface area (TPSA) is 17.1 Å². The second-order valence-electron chi connectivity index (χ2n) is 8.30. The first kappa shape index (κ1) is 24.9. The number of hydrogen-bond acceptors (Lipinski definition) is 1. The second kappa shape index (κ2) is 13.2. The summed E-state index contributed by atoms with van der Waals surface area (Å²) in [6.07, 6.45) is 7.90. The maximum absolute atomic E-state index is 13.4.